The molecule has 5 atom stereocenters. The molecular weight excluding hydrogens is 208 g/mol. The fourth-order valence-electron chi connectivity index (χ4n) is 3.60. The Bertz CT molecular complexity index is 388. The Morgan fingerprint density at radius 3 is 3.06 bits per heavy atom. The first-order chi connectivity index (χ1) is 7.58. The van der Waals surface area contributed by atoms with Gasteiger partial charge in [0.2, 0.25) is 5.60 Å². The van der Waals surface area contributed by atoms with Gasteiger partial charge in [-0.05, 0) is 18.3 Å². The van der Waals surface area contributed by atoms with Crippen LogP contribution in [0.4, 0.5) is 0 Å². The molecule has 86 valence electrons. The number of carbonyl (C=O) groups is 2. The number of hydrogen-bond acceptors (Lipinski definition) is 4. The van der Waals surface area contributed by atoms with Crippen LogP contribution in [0.1, 0.15) is 19.8 Å². The van der Waals surface area contributed by atoms with Crippen LogP contribution in [0.5, 0.6) is 0 Å². The summed E-state index contributed by atoms with van der Waals surface area (Å²) in [6.45, 7) is 5.46. The Morgan fingerprint density at radius 2 is 2.44 bits per heavy atom. The van der Waals surface area contributed by atoms with Gasteiger partial charge in [0, 0.05) is 18.4 Å². The monoisotopic (exact) mass is 222 g/mol. The maximum atomic E-state index is 11.9. The Labute approximate surface area is 93.6 Å². The molecule has 16 heavy (non-hydrogen) atoms. The minimum Gasteiger partial charge on any atom is -0.459 e. The van der Waals surface area contributed by atoms with Gasteiger partial charge in [-0.1, -0.05) is 13.5 Å². The van der Waals surface area contributed by atoms with Gasteiger partial charge in [-0.15, -0.1) is 0 Å². The first-order valence-electron chi connectivity index (χ1n) is 5.65. The average molecular weight is 222 g/mol. The van der Waals surface area contributed by atoms with Crippen LogP contribution in [0.2, 0.25) is 0 Å². The lowest BCUT2D eigenvalue weighted by atomic mass is 9.80. The lowest BCUT2D eigenvalue weighted by Gasteiger charge is -2.29. The fourth-order valence-corrected chi connectivity index (χ4v) is 3.60. The van der Waals surface area contributed by atoms with Crippen molar-refractivity contribution in [3.63, 3.8) is 0 Å². The molecule has 1 heterocycles. The summed E-state index contributed by atoms with van der Waals surface area (Å²) >= 11 is 0. The summed E-state index contributed by atoms with van der Waals surface area (Å²) in [6.07, 6.45) is 2.60. The predicted octanol–water partition coefficient (Wildman–Crippen LogP) is 1.06. The molecular formula is C12H14O4. The molecule has 4 nitrogen and oxygen atoms in total. The summed E-state index contributed by atoms with van der Waals surface area (Å²) in [4.78, 5) is 23.2. The largest absolute Gasteiger partial charge is 0.459 e. The molecule has 1 aliphatic heterocycles. The van der Waals surface area contributed by atoms with E-state index in [1.165, 1.54) is 0 Å². The van der Waals surface area contributed by atoms with E-state index in [9.17, 15) is 9.59 Å². The second-order valence-corrected chi connectivity index (χ2v) is 5.05. The molecule has 0 aromatic heterocycles. The van der Waals surface area contributed by atoms with Crippen LogP contribution in [0.25, 0.3) is 0 Å². The minimum absolute atomic E-state index is 0.0520. The van der Waals surface area contributed by atoms with E-state index in [0.29, 0.717) is 18.3 Å². The van der Waals surface area contributed by atoms with Crippen molar-refractivity contribution in [2.45, 2.75) is 31.5 Å². The van der Waals surface area contributed by atoms with Gasteiger partial charge in [-0.2, -0.15) is 0 Å². The Balaban J connectivity index is 1.94. The molecule has 0 N–H and O–H groups in total. The fraction of sp³-hybridized carbons (Fsp3) is 0.667. The molecule has 2 aliphatic carbocycles. The van der Waals surface area contributed by atoms with E-state index in [1.807, 2.05) is 0 Å². The second-order valence-electron chi connectivity index (χ2n) is 5.05. The Hall–Kier alpha value is -1.32. The molecule has 2 bridgehead atoms. The molecule has 3 rings (SSSR count). The normalized spacial score (nSPS) is 47.9. The first-order valence-corrected chi connectivity index (χ1v) is 5.65. The van der Waals surface area contributed by atoms with Gasteiger partial charge >= 0.3 is 11.9 Å². The van der Waals surface area contributed by atoms with E-state index < -0.39 is 11.6 Å². The number of ether oxygens (including phenoxy) is 2. The summed E-state index contributed by atoms with van der Waals surface area (Å²) in [7, 11) is 0. The highest BCUT2D eigenvalue weighted by Crippen LogP contribution is 2.60. The van der Waals surface area contributed by atoms with Crippen molar-refractivity contribution in [1.29, 1.82) is 0 Å². The summed E-state index contributed by atoms with van der Waals surface area (Å²) in [5.74, 6) is 0.0114. The second kappa shape index (κ2) is 2.87. The van der Waals surface area contributed by atoms with Crippen molar-refractivity contribution in [3.8, 4) is 0 Å². The van der Waals surface area contributed by atoms with Gasteiger partial charge in [0.25, 0.3) is 0 Å². The van der Waals surface area contributed by atoms with Gasteiger partial charge < -0.3 is 9.47 Å². The molecule has 0 radical (unpaired) electrons. The van der Waals surface area contributed by atoms with Gasteiger partial charge in [0.15, 0.2) is 0 Å². The van der Waals surface area contributed by atoms with Gasteiger partial charge in [0.1, 0.15) is 6.10 Å². The van der Waals surface area contributed by atoms with Crippen molar-refractivity contribution in [1.82, 2.24) is 0 Å². The van der Waals surface area contributed by atoms with Crippen LogP contribution in [-0.4, -0.2) is 23.6 Å². The lowest BCUT2D eigenvalue weighted by Crippen LogP contribution is -2.45. The standard InChI is InChI=1S/C12H14O4/c1-3-9(13)16-12-5-7-4-8(12)10(6(7)2)15-11(12)14/h3,6-8,10H,1,4-5H2,2H3. The minimum atomic E-state index is -0.993. The smallest absolute Gasteiger partial charge is 0.351 e. The van der Waals surface area contributed by atoms with Crippen LogP contribution >= 0.6 is 0 Å². The van der Waals surface area contributed by atoms with Gasteiger partial charge in [-0.3, -0.25) is 0 Å². The highest BCUT2D eigenvalue weighted by Gasteiger charge is 2.71. The van der Waals surface area contributed by atoms with Gasteiger partial charge in [-0.25, -0.2) is 9.59 Å². The highest BCUT2D eigenvalue weighted by atomic mass is 16.6. The van der Waals surface area contributed by atoms with Crippen molar-refractivity contribution in [3.05, 3.63) is 12.7 Å². The zero-order valence-electron chi connectivity index (χ0n) is 9.14. The number of fused-ring (bicyclic) bond motifs is 1. The van der Waals surface area contributed by atoms with Crippen LogP contribution in [0, 0.1) is 17.8 Å². The van der Waals surface area contributed by atoms with E-state index in [4.69, 9.17) is 9.47 Å². The molecule has 4 heteroatoms. The van der Waals surface area contributed by atoms with E-state index >= 15 is 0 Å². The van der Waals surface area contributed by atoms with Crippen LogP contribution in [0.15, 0.2) is 12.7 Å². The molecule has 0 aromatic rings. The Morgan fingerprint density at radius 1 is 1.69 bits per heavy atom. The molecule has 0 amide bonds. The maximum Gasteiger partial charge on any atom is 0.351 e. The quantitative estimate of drug-likeness (QED) is 0.517. The summed E-state index contributed by atoms with van der Waals surface area (Å²) in [6, 6.07) is 0. The molecule has 1 saturated heterocycles. The lowest BCUT2D eigenvalue weighted by molar-refractivity contribution is -0.170. The molecule has 3 fully saturated rings. The zero-order chi connectivity index (χ0) is 11.5. The Kier molecular flexibility index (Phi) is 1.77. The average Bonchev–Trinajstić information content (AvgIpc) is 2.81. The molecule has 0 aromatic carbocycles. The van der Waals surface area contributed by atoms with Crippen LogP contribution in [0.3, 0.4) is 0 Å². The summed E-state index contributed by atoms with van der Waals surface area (Å²) < 4.78 is 10.7. The number of esters is 2. The van der Waals surface area contributed by atoms with Crippen molar-refractivity contribution in [2.24, 2.45) is 17.8 Å². The molecule has 2 saturated carbocycles. The third kappa shape index (κ3) is 0.950. The highest BCUT2D eigenvalue weighted by molar-refractivity contribution is 5.90. The van der Waals surface area contributed by atoms with E-state index in [1.54, 1.807) is 0 Å². The van der Waals surface area contributed by atoms with E-state index in [0.717, 1.165) is 12.5 Å². The van der Waals surface area contributed by atoms with E-state index in [2.05, 4.69) is 13.5 Å². The van der Waals surface area contributed by atoms with Gasteiger partial charge in [0.05, 0.1) is 0 Å². The number of rotatable bonds is 2. The molecule has 5 unspecified atom stereocenters. The summed E-state index contributed by atoms with van der Waals surface area (Å²) in [5.41, 5.74) is -0.993. The maximum absolute atomic E-state index is 11.9. The number of carbonyl (C=O) groups excluding carboxylic acids is 2. The molecule has 0 spiro atoms. The topological polar surface area (TPSA) is 52.6 Å². The van der Waals surface area contributed by atoms with Crippen molar-refractivity contribution >= 4 is 11.9 Å². The summed E-state index contributed by atoms with van der Waals surface area (Å²) in [5, 5.41) is 0. The first kappa shape index (κ1) is 9.87. The van der Waals surface area contributed by atoms with E-state index in [-0.39, 0.29) is 18.0 Å². The number of hydrogen-bond donors (Lipinski definition) is 0. The molecule has 3 aliphatic rings. The van der Waals surface area contributed by atoms with Crippen LogP contribution in [-0.2, 0) is 19.1 Å². The van der Waals surface area contributed by atoms with Crippen molar-refractivity contribution in [2.75, 3.05) is 0 Å². The predicted molar refractivity (Wildman–Crippen MR) is 54.3 cm³/mol. The third-order valence-corrected chi connectivity index (χ3v) is 4.42. The van der Waals surface area contributed by atoms with Crippen LogP contribution < -0.4 is 0 Å². The zero-order valence-corrected chi connectivity index (χ0v) is 9.14. The SMILES string of the molecule is C=CC(=O)OC12CC3CC1C(OC2=O)C3C. The van der Waals surface area contributed by atoms with Crippen molar-refractivity contribution < 1.29 is 19.1 Å². The third-order valence-electron chi connectivity index (χ3n) is 4.42.